The lowest BCUT2D eigenvalue weighted by Gasteiger charge is -2.20. The predicted octanol–water partition coefficient (Wildman–Crippen LogP) is 4.26. The van der Waals surface area contributed by atoms with E-state index in [2.05, 4.69) is 10.4 Å². The van der Waals surface area contributed by atoms with Crippen molar-refractivity contribution < 1.29 is 14.3 Å². The van der Waals surface area contributed by atoms with Gasteiger partial charge < -0.3 is 14.6 Å². The minimum Gasteiger partial charge on any atom is -0.448 e. The molecule has 0 aliphatic carbocycles. The number of nitrogens with one attached hydrogen (secondary N) is 2. The number of hydrogen-bond acceptors (Lipinski definition) is 5. The molecule has 0 bridgehead atoms. The Morgan fingerprint density at radius 2 is 1.51 bits per heavy atom. The van der Waals surface area contributed by atoms with Crippen LogP contribution < -0.4 is 16.4 Å². The van der Waals surface area contributed by atoms with Gasteiger partial charge in [-0.25, -0.2) is 9.48 Å². The standard InChI is InChI=1S/C30H26N4O5/c1-3-23(28(36)31-24-18-25(35)34(32-24)20-14-8-5-9-15-20)39-30(38)27-26(19-12-6-4-7-13-19)21-16-10-11-17-22(21)29(37)33(27)2/h4-18,23,32H,3H2,1-2H3,(H,31,36). The monoisotopic (exact) mass is 522 g/mol. The summed E-state index contributed by atoms with van der Waals surface area (Å²) in [6, 6.07) is 26.5. The number of carbonyl (C=O) groups excluding carboxylic acids is 2. The van der Waals surface area contributed by atoms with E-state index in [0.717, 1.165) is 5.56 Å². The Balaban J connectivity index is 1.47. The van der Waals surface area contributed by atoms with Gasteiger partial charge in [0, 0.05) is 24.1 Å². The summed E-state index contributed by atoms with van der Waals surface area (Å²) in [5.74, 6) is -1.26. The smallest absolute Gasteiger partial charge is 0.356 e. The number of pyridine rings is 1. The van der Waals surface area contributed by atoms with E-state index in [4.69, 9.17) is 4.74 Å². The molecule has 1 amide bonds. The molecular formula is C30H26N4O5. The molecule has 1 atom stereocenters. The van der Waals surface area contributed by atoms with Crippen molar-refractivity contribution in [3.63, 3.8) is 0 Å². The second kappa shape index (κ2) is 10.7. The van der Waals surface area contributed by atoms with Crippen LogP contribution in [0.2, 0.25) is 0 Å². The van der Waals surface area contributed by atoms with Gasteiger partial charge >= 0.3 is 5.97 Å². The van der Waals surface area contributed by atoms with Gasteiger partial charge in [-0.2, -0.15) is 0 Å². The number of rotatable bonds is 7. The first kappa shape index (κ1) is 25.5. The SMILES string of the molecule is CCC(OC(=O)c1c(-c2ccccc2)c2ccccc2c(=O)n1C)C(=O)Nc1cc(=O)n(-c2ccccc2)[nH]1. The van der Waals surface area contributed by atoms with Gasteiger partial charge in [-0.1, -0.05) is 73.7 Å². The van der Waals surface area contributed by atoms with Crippen LogP contribution >= 0.6 is 0 Å². The Kier molecular flexibility index (Phi) is 6.96. The molecule has 0 aliphatic heterocycles. The number of aromatic nitrogens is 3. The van der Waals surface area contributed by atoms with Crippen LogP contribution in [0.1, 0.15) is 23.8 Å². The van der Waals surface area contributed by atoms with E-state index < -0.39 is 18.0 Å². The lowest BCUT2D eigenvalue weighted by atomic mass is 9.97. The maximum absolute atomic E-state index is 13.6. The maximum Gasteiger partial charge on any atom is 0.356 e. The third-order valence-corrected chi connectivity index (χ3v) is 6.46. The second-order valence-electron chi connectivity index (χ2n) is 8.97. The number of ether oxygens (including phenoxy) is 1. The molecule has 0 saturated heterocycles. The average Bonchev–Trinajstić information content (AvgIpc) is 3.33. The Morgan fingerprint density at radius 3 is 2.18 bits per heavy atom. The maximum atomic E-state index is 13.6. The minimum atomic E-state index is -1.17. The molecule has 5 aromatic rings. The number of carbonyl (C=O) groups is 2. The van der Waals surface area contributed by atoms with Crippen LogP contribution in [0.3, 0.4) is 0 Å². The normalized spacial score (nSPS) is 11.7. The number of anilines is 1. The highest BCUT2D eigenvalue weighted by Crippen LogP contribution is 2.31. The fourth-order valence-electron chi connectivity index (χ4n) is 4.55. The molecule has 9 heteroatoms. The largest absolute Gasteiger partial charge is 0.448 e. The van der Waals surface area contributed by atoms with Crippen molar-refractivity contribution in [1.82, 2.24) is 14.3 Å². The van der Waals surface area contributed by atoms with Crippen molar-refractivity contribution in [2.45, 2.75) is 19.4 Å². The summed E-state index contributed by atoms with van der Waals surface area (Å²) in [6.45, 7) is 1.70. The first-order valence-electron chi connectivity index (χ1n) is 12.5. The molecule has 0 saturated carbocycles. The molecule has 0 fully saturated rings. The van der Waals surface area contributed by atoms with Gasteiger partial charge in [-0.3, -0.25) is 19.5 Å². The van der Waals surface area contributed by atoms with E-state index in [9.17, 15) is 19.2 Å². The number of esters is 1. The van der Waals surface area contributed by atoms with Gasteiger partial charge in [-0.05, 0) is 35.6 Å². The zero-order chi connectivity index (χ0) is 27.5. The van der Waals surface area contributed by atoms with E-state index in [0.29, 0.717) is 22.0 Å². The Hall–Kier alpha value is -5.18. The number of para-hydroxylation sites is 1. The van der Waals surface area contributed by atoms with Gasteiger partial charge in [-0.15, -0.1) is 0 Å². The number of aromatic amines is 1. The van der Waals surface area contributed by atoms with Gasteiger partial charge in [0.15, 0.2) is 6.10 Å². The quantitative estimate of drug-likeness (QED) is 0.310. The van der Waals surface area contributed by atoms with Crippen molar-refractivity contribution in [3.8, 4) is 16.8 Å². The zero-order valence-corrected chi connectivity index (χ0v) is 21.4. The van der Waals surface area contributed by atoms with Crippen LogP contribution in [-0.2, 0) is 16.6 Å². The van der Waals surface area contributed by atoms with Gasteiger partial charge in [0.05, 0.1) is 5.69 Å². The van der Waals surface area contributed by atoms with E-state index in [1.807, 2.05) is 36.4 Å². The molecule has 1 unspecified atom stereocenters. The molecule has 9 nitrogen and oxygen atoms in total. The fraction of sp³-hybridized carbons (Fsp3) is 0.133. The van der Waals surface area contributed by atoms with Crippen LogP contribution in [0.15, 0.2) is 101 Å². The van der Waals surface area contributed by atoms with Crippen molar-refractivity contribution in [2.75, 3.05) is 5.32 Å². The van der Waals surface area contributed by atoms with E-state index in [1.165, 1.54) is 22.4 Å². The summed E-state index contributed by atoms with van der Waals surface area (Å²) in [4.78, 5) is 52.3. The van der Waals surface area contributed by atoms with Crippen molar-refractivity contribution in [1.29, 1.82) is 0 Å². The van der Waals surface area contributed by atoms with Crippen LogP contribution in [0.4, 0.5) is 5.82 Å². The summed E-state index contributed by atoms with van der Waals surface area (Å²) in [5.41, 5.74) is 1.20. The highest BCUT2D eigenvalue weighted by Gasteiger charge is 2.28. The van der Waals surface area contributed by atoms with Crippen molar-refractivity contribution in [2.24, 2.45) is 7.05 Å². The molecule has 39 heavy (non-hydrogen) atoms. The topological polar surface area (TPSA) is 115 Å². The third kappa shape index (κ3) is 4.89. The van der Waals surface area contributed by atoms with Crippen LogP contribution in [-0.4, -0.2) is 32.3 Å². The summed E-state index contributed by atoms with van der Waals surface area (Å²) >= 11 is 0. The molecule has 5 rings (SSSR count). The van der Waals surface area contributed by atoms with Gasteiger partial charge in [0.1, 0.15) is 11.5 Å². The molecule has 3 aromatic carbocycles. The molecule has 0 radical (unpaired) electrons. The Bertz CT molecular complexity index is 1790. The molecule has 2 N–H and O–H groups in total. The van der Waals surface area contributed by atoms with E-state index in [1.54, 1.807) is 55.5 Å². The lowest BCUT2D eigenvalue weighted by Crippen LogP contribution is -2.34. The molecule has 2 aromatic heterocycles. The van der Waals surface area contributed by atoms with Gasteiger partial charge in [0.25, 0.3) is 17.0 Å². The number of H-pyrrole nitrogens is 1. The van der Waals surface area contributed by atoms with Gasteiger partial charge in [0.2, 0.25) is 0 Å². The number of benzene rings is 3. The summed E-state index contributed by atoms with van der Waals surface area (Å²) < 4.78 is 8.23. The van der Waals surface area contributed by atoms with Crippen molar-refractivity contribution in [3.05, 3.63) is 117 Å². The second-order valence-corrected chi connectivity index (χ2v) is 8.97. The highest BCUT2D eigenvalue weighted by molar-refractivity contribution is 6.07. The predicted molar refractivity (Wildman–Crippen MR) is 149 cm³/mol. The van der Waals surface area contributed by atoms with Crippen LogP contribution in [0.5, 0.6) is 0 Å². The first-order valence-corrected chi connectivity index (χ1v) is 12.5. The molecular weight excluding hydrogens is 496 g/mol. The number of amides is 1. The summed E-state index contributed by atoms with van der Waals surface area (Å²) in [7, 11) is 1.51. The zero-order valence-electron chi connectivity index (χ0n) is 21.4. The van der Waals surface area contributed by atoms with E-state index >= 15 is 0 Å². The average molecular weight is 523 g/mol. The first-order chi connectivity index (χ1) is 18.9. The summed E-state index contributed by atoms with van der Waals surface area (Å²) in [6.07, 6.45) is -1.00. The third-order valence-electron chi connectivity index (χ3n) is 6.46. The van der Waals surface area contributed by atoms with Crippen LogP contribution in [0, 0.1) is 0 Å². The minimum absolute atomic E-state index is 0.0415. The Morgan fingerprint density at radius 1 is 0.897 bits per heavy atom. The Labute approximate surface area is 223 Å². The van der Waals surface area contributed by atoms with Crippen molar-refractivity contribution >= 4 is 28.5 Å². The number of nitrogens with zero attached hydrogens (tertiary/aromatic N) is 2. The van der Waals surface area contributed by atoms with Crippen LogP contribution in [0.25, 0.3) is 27.6 Å². The number of hydrogen-bond donors (Lipinski definition) is 2. The molecule has 0 spiro atoms. The molecule has 0 aliphatic rings. The molecule has 196 valence electrons. The fourth-order valence-corrected chi connectivity index (χ4v) is 4.55. The summed E-state index contributed by atoms with van der Waals surface area (Å²) in [5, 5.41) is 6.54. The lowest BCUT2D eigenvalue weighted by molar-refractivity contribution is -0.124. The highest BCUT2D eigenvalue weighted by atomic mass is 16.5. The van der Waals surface area contributed by atoms with E-state index in [-0.39, 0.29) is 29.1 Å². The number of fused-ring (bicyclic) bond motifs is 1. The molecule has 2 heterocycles.